The quantitative estimate of drug-likeness (QED) is 0.780. The molecule has 2 rings (SSSR count). The van der Waals surface area contributed by atoms with Crippen molar-refractivity contribution in [3.63, 3.8) is 0 Å². The number of ether oxygens (including phenoxy) is 2. The van der Waals surface area contributed by atoms with Gasteiger partial charge in [-0.05, 0) is 31.0 Å². The molecule has 0 aliphatic carbocycles. The summed E-state index contributed by atoms with van der Waals surface area (Å²) in [5, 5.41) is -0.0211. The number of ketones is 1. The molecule has 6 heteroatoms. The van der Waals surface area contributed by atoms with Crippen LogP contribution in [0.3, 0.4) is 0 Å². The number of rotatable bonds is 5. The lowest BCUT2D eigenvalue weighted by molar-refractivity contribution is 0.0979. The minimum absolute atomic E-state index is 0.0211. The maximum Gasteiger partial charge on any atom is 0.179 e. The zero-order chi connectivity index (χ0) is 14.5. The average Bonchev–Trinajstić information content (AvgIpc) is 2.48. The Bertz CT molecular complexity index is 512. The van der Waals surface area contributed by atoms with Crippen molar-refractivity contribution >= 4 is 16.6 Å². The second kappa shape index (κ2) is 6.95. The molecule has 1 aliphatic rings. The number of carbonyl (C=O) groups is 1. The fourth-order valence-electron chi connectivity index (χ4n) is 2.16. The third-order valence-corrected chi connectivity index (χ3v) is 5.04. The van der Waals surface area contributed by atoms with E-state index in [2.05, 4.69) is 0 Å². The van der Waals surface area contributed by atoms with Gasteiger partial charge < -0.3 is 9.47 Å². The SMILES string of the molecule is COc1ccc(F)cc1C(=O)CS(=O)C1CCOCC1. The molecule has 0 aromatic heterocycles. The standard InChI is InChI=1S/C14H17FO4S/c1-18-14-3-2-10(15)8-12(14)13(16)9-20(17)11-4-6-19-7-5-11/h2-3,8,11H,4-7,9H2,1H3. The molecule has 110 valence electrons. The van der Waals surface area contributed by atoms with E-state index in [1.807, 2.05) is 0 Å². The highest BCUT2D eigenvalue weighted by molar-refractivity contribution is 7.86. The van der Waals surface area contributed by atoms with Crippen molar-refractivity contribution in [2.75, 3.05) is 26.1 Å². The topological polar surface area (TPSA) is 52.6 Å². The summed E-state index contributed by atoms with van der Waals surface area (Å²) in [5.74, 6) is -0.664. The first-order valence-corrected chi connectivity index (χ1v) is 7.81. The van der Waals surface area contributed by atoms with Gasteiger partial charge in [0.2, 0.25) is 0 Å². The van der Waals surface area contributed by atoms with Gasteiger partial charge in [-0.2, -0.15) is 0 Å². The van der Waals surface area contributed by atoms with Gasteiger partial charge in [0.05, 0.1) is 18.4 Å². The molecule has 1 aliphatic heterocycles. The number of benzene rings is 1. The third kappa shape index (κ3) is 3.64. The van der Waals surface area contributed by atoms with Crippen LogP contribution in [0.4, 0.5) is 4.39 Å². The average molecular weight is 300 g/mol. The smallest absolute Gasteiger partial charge is 0.179 e. The monoisotopic (exact) mass is 300 g/mol. The van der Waals surface area contributed by atoms with E-state index < -0.39 is 16.6 Å². The Hall–Kier alpha value is -1.27. The van der Waals surface area contributed by atoms with Crippen LogP contribution in [0.15, 0.2) is 18.2 Å². The lowest BCUT2D eigenvalue weighted by Gasteiger charge is -2.21. The number of hydrogen-bond donors (Lipinski definition) is 0. The molecule has 0 saturated carbocycles. The first-order valence-electron chi connectivity index (χ1n) is 6.43. The Morgan fingerprint density at radius 3 is 2.80 bits per heavy atom. The summed E-state index contributed by atoms with van der Waals surface area (Å²) in [7, 11) is 0.155. The van der Waals surface area contributed by atoms with Crippen molar-refractivity contribution in [1.29, 1.82) is 0 Å². The number of methoxy groups -OCH3 is 1. The molecule has 1 saturated heterocycles. The Balaban J connectivity index is 2.07. The zero-order valence-electron chi connectivity index (χ0n) is 11.3. The molecule has 4 nitrogen and oxygen atoms in total. The van der Waals surface area contributed by atoms with Crippen molar-refractivity contribution in [3.8, 4) is 5.75 Å². The molecule has 1 atom stereocenters. The maximum atomic E-state index is 13.2. The summed E-state index contributed by atoms with van der Waals surface area (Å²) in [4.78, 5) is 12.2. The van der Waals surface area contributed by atoms with Gasteiger partial charge in [0.15, 0.2) is 5.78 Å². The maximum absolute atomic E-state index is 13.2. The normalized spacial score (nSPS) is 17.7. The number of Topliss-reactive ketones (excluding diaryl/α,β-unsaturated/α-hetero) is 1. The molecule has 1 aromatic carbocycles. The van der Waals surface area contributed by atoms with Gasteiger partial charge in [-0.15, -0.1) is 0 Å². The number of hydrogen-bond acceptors (Lipinski definition) is 4. The summed E-state index contributed by atoms with van der Waals surface area (Å²) >= 11 is 0. The number of halogens is 1. The molecule has 0 amide bonds. The Morgan fingerprint density at radius 1 is 1.45 bits per heavy atom. The molecule has 0 radical (unpaired) electrons. The van der Waals surface area contributed by atoms with Crippen LogP contribution in [0.25, 0.3) is 0 Å². The van der Waals surface area contributed by atoms with Crippen LogP contribution in [0.1, 0.15) is 23.2 Å². The van der Waals surface area contributed by atoms with E-state index in [-0.39, 0.29) is 22.3 Å². The van der Waals surface area contributed by atoms with Crippen LogP contribution >= 0.6 is 0 Å². The fourth-order valence-corrected chi connectivity index (χ4v) is 3.53. The molecule has 0 spiro atoms. The van der Waals surface area contributed by atoms with Gasteiger partial charge >= 0.3 is 0 Å². The van der Waals surface area contributed by atoms with Gasteiger partial charge in [-0.1, -0.05) is 0 Å². The van der Waals surface area contributed by atoms with Crippen molar-refractivity contribution in [2.45, 2.75) is 18.1 Å². The molecular formula is C14H17FO4S. The predicted octanol–water partition coefficient (Wildman–Crippen LogP) is 1.94. The highest BCUT2D eigenvalue weighted by atomic mass is 32.2. The van der Waals surface area contributed by atoms with E-state index in [0.717, 1.165) is 6.07 Å². The van der Waals surface area contributed by atoms with Gasteiger partial charge in [0.25, 0.3) is 0 Å². The second-order valence-corrected chi connectivity index (χ2v) is 6.32. The molecule has 1 fully saturated rings. The van der Waals surface area contributed by atoms with Crippen LogP contribution < -0.4 is 4.74 Å². The second-order valence-electron chi connectivity index (χ2n) is 4.60. The summed E-state index contributed by atoms with van der Waals surface area (Å²) < 4.78 is 35.6. The van der Waals surface area contributed by atoms with Crippen molar-refractivity contribution in [1.82, 2.24) is 0 Å². The largest absolute Gasteiger partial charge is 0.496 e. The third-order valence-electron chi connectivity index (χ3n) is 3.28. The van der Waals surface area contributed by atoms with Crippen molar-refractivity contribution in [3.05, 3.63) is 29.6 Å². The molecule has 1 heterocycles. The Morgan fingerprint density at radius 2 is 2.15 bits per heavy atom. The van der Waals surface area contributed by atoms with Crippen LogP contribution in [0, 0.1) is 5.82 Å². The van der Waals surface area contributed by atoms with Crippen molar-refractivity contribution < 1.29 is 22.9 Å². The van der Waals surface area contributed by atoms with Crippen LogP contribution in [0.2, 0.25) is 0 Å². The predicted molar refractivity (Wildman–Crippen MR) is 74.1 cm³/mol. The highest BCUT2D eigenvalue weighted by Crippen LogP contribution is 2.21. The van der Waals surface area contributed by atoms with E-state index in [0.29, 0.717) is 31.8 Å². The van der Waals surface area contributed by atoms with E-state index in [1.54, 1.807) is 0 Å². The molecule has 1 aromatic rings. The Labute approximate surface area is 119 Å². The van der Waals surface area contributed by atoms with E-state index in [4.69, 9.17) is 9.47 Å². The summed E-state index contributed by atoms with van der Waals surface area (Å²) in [6.07, 6.45) is 1.39. The molecule has 1 unspecified atom stereocenters. The molecule has 20 heavy (non-hydrogen) atoms. The van der Waals surface area contributed by atoms with E-state index >= 15 is 0 Å². The van der Waals surface area contributed by atoms with Crippen LogP contribution in [-0.4, -0.2) is 41.3 Å². The van der Waals surface area contributed by atoms with Crippen molar-refractivity contribution in [2.24, 2.45) is 0 Å². The van der Waals surface area contributed by atoms with Crippen LogP contribution in [-0.2, 0) is 15.5 Å². The fraction of sp³-hybridized carbons (Fsp3) is 0.500. The van der Waals surface area contributed by atoms with Crippen LogP contribution in [0.5, 0.6) is 5.75 Å². The minimum Gasteiger partial charge on any atom is -0.496 e. The zero-order valence-corrected chi connectivity index (χ0v) is 12.1. The first-order chi connectivity index (χ1) is 9.61. The molecular weight excluding hydrogens is 283 g/mol. The van der Waals surface area contributed by atoms with E-state index in [1.165, 1.54) is 19.2 Å². The number of carbonyl (C=O) groups excluding carboxylic acids is 1. The molecule has 0 bridgehead atoms. The first kappa shape index (κ1) is 15.1. The minimum atomic E-state index is -1.26. The van der Waals surface area contributed by atoms with Gasteiger partial charge in [0, 0.05) is 29.3 Å². The summed E-state index contributed by atoms with van der Waals surface area (Å²) in [6.45, 7) is 1.15. The lowest BCUT2D eigenvalue weighted by atomic mass is 10.1. The molecule has 0 N–H and O–H groups in total. The highest BCUT2D eigenvalue weighted by Gasteiger charge is 2.24. The van der Waals surface area contributed by atoms with Gasteiger partial charge in [0.1, 0.15) is 11.6 Å². The summed E-state index contributed by atoms with van der Waals surface area (Å²) in [6, 6.07) is 3.76. The Kier molecular flexibility index (Phi) is 5.25. The lowest BCUT2D eigenvalue weighted by Crippen LogP contribution is -2.28. The van der Waals surface area contributed by atoms with E-state index in [9.17, 15) is 13.4 Å². The van der Waals surface area contributed by atoms with Gasteiger partial charge in [-0.3, -0.25) is 9.00 Å². The van der Waals surface area contributed by atoms with Gasteiger partial charge in [-0.25, -0.2) is 4.39 Å². The summed E-state index contributed by atoms with van der Waals surface area (Å²) in [5.41, 5.74) is 0.146.